The minimum Gasteiger partial charge on any atom is -0.462 e. The van der Waals surface area contributed by atoms with Crippen molar-refractivity contribution < 1.29 is 24.5 Å². The molecule has 0 heterocycles. The fourth-order valence-corrected chi connectivity index (χ4v) is 6.99. The second kappa shape index (κ2) is 45.4. The summed E-state index contributed by atoms with van der Waals surface area (Å²) in [4.78, 5) is 26.0. The number of aliphatic hydroxyl groups excluding tert-OH is 2. The van der Waals surface area contributed by atoms with Crippen molar-refractivity contribution in [3.63, 3.8) is 0 Å². The lowest BCUT2D eigenvalue weighted by Gasteiger charge is -2.24. The highest BCUT2D eigenvalue weighted by atomic mass is 16.5. The molecule has 6 nitrogen and oxygen atoms in total. The molecule has 1 amide bonds. The highest BCUT2D eigenvalue weighted by Crippen LogP contribution is 2.17. The van der Waals surface area contributed by atoms with Gasteiger partial charge in [0.2, 0.25) is 5.91 Å². The predicted molar refractivity (Wildman–Crippen MR) is 250 cm³/mol. The number of nitrogens with one attached hydrogen (secondary N) is 1. The van der Waals surface area contributed by atoms with Crippen LogP contribution in [0.15, 0.2) is 72.9 Å². The quantitative estimate of drug-likeness (QED) is 0.0247. The lowest BCUT2D eigenvalue weighted by molar-refractivity contribution is -0.151. The van der Waals surface area contributed by atoms with Crippen LogP contribution in [0.2, 0.25) is 0 Å². The van der Waals surface area contributed by atoms with Crippen LogP contribution in [0, 0.1) is 0 Å². The Hall–Kier alpha value is -2.70. The largest absolute Gasteiger partial charge is 0.462 e. The molecular formula is C52H91NO5. The van der Waals surface area contributed by atoms with E-state index in [1.54, 1.807) is 0 Å². The number of hydrogen-bond donors (Lipinski definition) is 3. The Bertz CT molecular complexity index is 1090. The first-order valence-electron chi connectivity index (χ1n) is 24.2. The first-order chi connectivity index (χ1) is 28.5. The van der Waals surface area contributed by atoms with E-state index in [1.165, 1.54) is 103 Å². The molecule has 3 unspecified atom stereocenters. The van der Waals surface area contributed by atoms with Gasteiger partial charge >= 0.3 is 5.97 Å². The van der Waals surface area contributed by atoms with E-state index in [9.17, 15) is 19.8 Å². The number of carbonyl (C=O) groups excluding carboxylic acids is 2. The highest BCUT2D eigenvalue weighted by Gasteiger charge is 2.24. The van der Waals surface area contributed by atoms with Crippen molar-refractivity contribution in [3.8, 4) is 0 Å². The Morgan fingerprint density at radius 3 is 1.55 bits per heavy atom. The van der Waals surface area contributed by atoms with Crippen molar-refractivity contribution >= 4 is 11.9 Å². The summed E-state index contributed by atoms with van der Waals surface area (Å²) in [5, 5.41) is 23.7. The summed E-state index contributed by atoms with van der Waals surface area (Å²) < 4.78 is 5.86. The zero-order chi connectivity index (χ0) is 42.4. The standard InChI is InChI=1S/C52H91NO5/c1-4-7-10-13-16-19-22-24-25-26-28-30-32-35-38-41-44-50(55)49(47-54)53-51(56)46-48(43-40-37-34-31-29-27-23-20-17-14-11-8-5-2)58-52(57)45-42-39-36-33-21-18-15-12-9-6-3/h8,11-12,14-15,17,20,23,27,29,31,34,48-50,54-55H,4-7,9-10,13,16,18-19,21-22,24-26,28,30,32-33,35-47H2,1-3H3,(H,53,56)/b11-8+,15-12-,17-14+,23-20-,29-27-,34-31+. The van der Waals surface area contributed by atoms with Crippen molar-refractivity contribution in [2.45, 2.75) is 238 Å². The van der Waals surface area contributed by atoms with Crippen molar-refractivity contribution in [1.29, 1.82) is 0 Å². The van der Waals surface area contributed by atoms with Gasteiger partial charge in [0.15, 0.2) is 0 Å². The number of carbonyl (C=O) groups is 2. The van der Waals surface area contributed by atoms with Gasteiger partial charge in [-0.2, -0.15) is 0 Å². The van der Waals surface area contributed by atoms with Crippen LogP contribution in [0.25, 0.3) is 0 Å². The average Bonchev–Trinajstić information content (AvgIpc) is 3.22. The zero-order valence-electron chi connectivity index (χ0n) is 37.9. The molecule has 0 aromatic carbocycles. The molecule has 0 spiro atoms. The molecule has 58 heavy (non-hydrogen) atoms. The Labute approximate surface area is 358 Å². The summed E-state index contributed by atoms with van der Waals surface area (Å²) in [6.07, 6.45) is 56.8. The smallest absolute Gasteiger partial charge is 0.306 e. The molecule has 0 saturated carbocycles. The van der Waals surface area contributed by atoms with Crippen LogP contribution >= 0.6 is 0 Å². The number of hydrogen-bond acceptors (Lipinski definition) is 5. The zero-order valence-corrected chi connectivity index (χ0v) is 37.9. The molecule has 6 heteroatoms. The number of allylic oxidation sites excluding steroid dienone is 12. The number of unbranched alkanes of at least 4 members (excludes halogenated alkanes) is 22. The Kier molecular flexibility index (Phi) is 43.3. The first-order valence-corrected chi connectivity index (χ1v) is 24.2. The molecule has 0 saturated heterocycles. The number of ether oxygens (including phenoxy) is 1. The van der Waals surface area contributed by atoms with Gasteiger partial charge in [-0.3, -0.25) is 9.59 Å². The number of aliphatic hydroxyl groups is 2. The van der Waals surface area contributed by atoms with Gasteiger partial charge in [-0.05, 0) is 57.8 Å². The summed E-state index contributed by atoms with van der Waals surface area (Å²) in [5.41, 5.74) is 0. The van der Waals surface area contributed by atoms with Crippen LogP contribution < -0.4 is 5.32 Å². The van der Waals surface area contributed by atoms with Crippen LogP contribution in [0.5, 0.6) is 0 Å². The molecule has 0 radical (unpaired) electrons. The van der Waals surface area contributed by atoms with E-state index in [4.69, 9.17) is 4.74 Å². The molecule has 0 aromatic heterocycles. The van der Waals surface area contributed by atoms with Crippen LogP contribution in [-0.2, 0) is 14.3 Å². The SMILES string of the molecule is CC/C=C/C=C/C=C\C=C/C=C/CCCC(CC(=O)NC(CO)C(O)CCCCCCCCCCCCCCCCCC)OC(=O)CCCCCCC/C=C\CCC. The molecule has 334 valence electrons. The molecule has 0 fully saturated rings. The molecule has 0 rings (SSSR count). The molecule has 3 N–H and O–H groups in total. The van der Waals surface area contributed by atoms with E-state index in [-0.39, 0.29) is 24.9 Å². The fraction of sp³-hybridized carbons (Fsp3) is 0.731. The number of esters is 1. The maximum atomic E-state index is 13.1. The van der Waals surface area contributed by atoms with Gasteiger partial charge in [0.05, 0.1) is 25.2 Å². The van der Waals surface area contributed by atoms with E-state index in [2.05, 4.69) is 50.4 Å². The summed E-state index contributed by atoms with van der Waals surface area (Å²) in [6, 6.07) is -0.727. The third-order valence-electron chi connectivity index (χ3n) is 10.6. The van der Waals surface area contributed by atoms with Crippen LogP contribution in [0.3, 0.4) is 0 Å². The minimum atomic E-state index is -0.809. The van der Waals surface area contributed by atoms with E-state index in [0.29, 0.717) is 19.3 Å². The number of amides is 1. The fourth-order valence-electron chi connectivity index (χ4n) is 6.99. The summed E-state index contributed by atoms with van der Waals surface area (Å²) in [7, 11) is 0. The molecular weight excluding hydrogens is 719 g/mol. The van der Waals surface area contributed by atoms with Crippen LogP contribution in [0.1, 0.15) is 220 Å². The van der Waals surface area contributed by atoms with Gasteiger partial charge < -0.3 is 20.3 Å². The van der Waals surface area contributed by atoms with Gasteiger partial charge in [0.25, 0.3) is 0 Å². The Morgan fingerprint density at radius 2 is 1.00 bits per heavy atom. The Balaban J connectivity index is 4.63. The molecule has 0 aliphatic rings. The highest BCUT2D eigenvalue weighted by molar-refractivity contribution is 5.77. The minimum absolute atomic E-state index is 0.0227. The molecule has 0 aromatic rings. The summed E-state index contributed by atoms with van der Waals surface area (Å²) >= 11 is 0. The van der Waals surface area contributed by atoms with Crippen LogP contribution in [0.4, 0.5) is 0 Å². The van der Waals surface area contributed by atoms with Gasteiger partial charge in [-0.15, -0.1) is 0 Å². The third kappa shape index (κ3) is 40.1. The Morgan fingerprint density at radius 1 is 0.517 bits per heavy atom. The van der Waals surface area contributed by atoms with Gasteiger partial charge in [-0.1, -0.05) is 222 Å². The number of rotatable bonds is 42. The second-order valence-electron chi connectivity index (χ2n) is 16.2. The topological polar surface area (TPSA) is 95.9 Å². The maximum absolute atomic E-state index is 13.1. The van der Waals surface area contributed by atoms with Crippen molar-refractivity contribution in [1.82, 2.24) is 5.32 Å². The predicted octanol–water partition coefficient (Wildman–Crippen LogP) is 14.2. The van der Waals surface area contributed by atoms with Gasteiger partial charge in [0.1, 0.15) is 6.10 Å². The van der Waals surface area contributed by atoms with Crippen molar-refractivity contribution in [2.75, 3.05) is 6.61 Å². The van der Waals surface area contributed by atoms with Crippen molar-refractivity contribution in [2.24, 2.45) is 0 Å². The van der Waals surface area contributed by atoms with Gasteiger partial charge in [0, 0.05) is 6.42 Å². The van der Waals surface area contributed by atoms with E-state index in [0.717, 1.165) is 70.6 Å². The average molecular weight is 810 g/mol. The molecule has 0 aliphatic heterocycles. The van der Waals surface area contributed by atoms with E-state index < -0.39 is 18.2 Å². The second-order valence-corrected chi connectivity index (χ2v) is 16.2. The summed E-state index contributed by atoms with van der Waals surface area (Å²) in [5.74, 6) is -0.563. The first kappa shape index (κ1) is 55.3. The van der Waals surface area contributed by atoms with Crippen molar-refractivity contribution in [3.05, 3.63) is 72.9 Å². The van der Waals surface area contributed by atoms with Crippen LogP contribution in [-0.4, -0.2) is 46.9 Å². The monoisotopic (exact) mass is 810 g/mol. The molecule has 0 aliphatic carbocycles. The van der Waals surface area contributed by atoms with E-state index >= 15 is 0 Å². The maximum Gasteiger partial charge on any atom is 0.306 e. The molecule has 3 atom stereocenters. The summed E-state index contributed by atoms with van der Waals surface area (Å²) in [6.45, 7) is 6.25. The van der Waals surface area contributed by atoms with E-state index in [1.807, 2.05) is 48.6 Å². The lowest BCUT2D eigenvalue weighted by Crippen LogP contribution is -2.46. The normalized spacial score (nSPS) is 13.9. The van der Waals surface area contributed by atoms with Gasteiger partial charge in [-0.25, -0.2) is 0 Å². The lowest BCUT2D eigenvalue weighted by atomic mass is 10.0. The molecule has 0 bridgehead atoms. The third-order valence-corrected chi connectivity index (χ3v) is 10.6.